The van der Waals surface area contributed by atoms with Gasteiger partial charge in [0.25, 0.3) is 0 Å². The van der Waals surface area contributed by atoms with Crippen LogP contribution in [-0.4, -0.2) is 23.0 Å². The number of H-pyrrole nitrogens is 1. The Balaban J connectivity index is 1.89. The van der Waals surface area contributed by atoms with Crippen LogP contribution in [0.15, 0.2) is 24.2 Å². The van der Waals surface area contributed by atoms with Gasteiger partial charge in [-0.15, -0.1) is 0 Å². The second-order valence-electron chi connectivity index (χ2n) is 5.29. The van der Waals surface area contributed by atoms with E-state index in [-0.39, 0.29) is 0 Å². The van der Waals surface area contributed by atoms with E-state index in [4.69, 9.17) is 1.37 Å². The van der Waals surface area contributed by atoms with Crippen molar-refractivity contribution in [3.05, 3.63) is 35.5 Å². The van der Waals surface area contributed by atoms with E-state index in [1.54, 1.807) is 0 Å². The minimum absolute atomic E-state index is 0.601. The van der Waals surface area contributed by atoms with Crippen LogP contribution in [0.25, 0.3) is 10.9 Å². The van der Waals surface area contributed by atoms with E-state index in [0.29, 0.717) is 12.1 Å². The molecule has 1 saturated heterocycles. The minimum Gasteiger partial charge on any atom is -0.357 e. The highest BCUT2D eigenvalue weighted by Crippen LogP contribution is 2.38. The van der Waals surface area contributed by atoms with Crippen LogP contribution in [0.4, 0.5) is 0 Å². The molecule has 88 valence electrons. The fourth-order valence-corrected chi connectivity index (χ4v) is 3.55. The monoisotopic (exact) mass is 227 g/mol. The molecule has 2 aliphatic rings. The first-order valence-corrected chi connectivity index (χ1v) is 6.68. The third-order valence-corrected chi connectivity index (χ3v) is 4.38. The Morgan fingerprint density at radius 1 is 1.29 bits per heavy atom. The van der Waals surface area contributed by atoms with Crippen LogP contribution in [-0.2, 0) is 6.42 Å². The number of aromatic nitrogens is 1. The Hall–Kier alpha value is -1.28. The van der Waals surface area contributed by atoms with Crippen molar-refractivity contribution in [3.63, 3.8) is 0 Å². The van der Waals surface area contributed by atoms with E-state index in [1.807, 2.05) is 12.1 Å². The molecule has 1 N–H and O–H groups in total. The van der Waals surface area contributed by atoms with Crippen LogP contribution < -0.4 is 0 Å². The summed E-state index contributed by atoms with van der Waals surface area (Å²) in [4.78, 5) is 6.25. The zero-order valence-corrected chi connectivity index (χ0v) is 10.00. The summed E-state index contributed by atoms with van der Waals surface area (Å²) in [5, 5.41) is 1.28. The summed E-state index contributed by atoms with van der Waals surface area (Å²) in [5.74, 6) is 0. The molecule has 2 aromatic rings. The van der Waals surface area contributed by atoms with Crippen molar-refractivity contribution in [2.24, 2.45) is 0 Å². The second-order valence-corrected chi connectivity index (χ2v) is 5.29. The molecule has 0 saturated carbocycles. The maximum atomic E-state index is 7.79. The van der Waals surface area contributed by atoms with E-state index >= 15 is 0 Å². The molecule has 1 atom stereocenters. The lowest BCUT2D eigenvalue weighted by Gasteiger charge is -2.39. The van der Waals surface area contributed by atoms with E-state index in [9.17, 15) is 0 Å². The molecule has 1 fully saturated rings. The number of rotatable bonds is 0. The average Bonchev–Trinajstić information content (AvgIpc) is 2.77. The molecule has 0 aliphatic carbocycles. The predicted octanol–water partition coefficient (Wildman–Crippen LogP) is 3.25. The topological polar surface area (TPSA) is 19.0 Å². The molecule has 2 nitrogen and oxygen atoms in total. The number of aromatic amines is 1. The lowest BCUT2D eigenvalue weighted by Crippen LogP contribution is -2.38. The largest absolute Gasteiger partial charge is 0.357 e. The van der Waals surface area contributed by atoms with Crippen molar-refractivity contribution in [1.29, 1.82) is 0 Å². The van der Waals surface area contributed by atoms with E-state index in [2.05, 4.69) is 16.0 Å². The highest BCUT2D eigenvalue weighted by atomic mass is 15.2. The van der Waals surface area contributed by atoms with Gasteiger partial charge in [-0.05, 0) is 37.4 Å². The summed E-state index contributed by atoms with van der Waals surface area (Å²) in [7, 11) is 0. The Kier molecular flexibility index (Phi) is 1.86. The molecular formula is C15H18N2. The van der Waals surface area contributed by atoms with Gasteiger partial charge < -0.3 is 4.98 Å². The molecule has 17 heavy (non-hydrogen) atoms. The van der Waals surface area contributed by atoms with E-state index < -0.39 is 0 Å². The zero-order valence-electron chi connectivity index (χ0n) is 11.0. The van der Waals surface area contributed by atoms with Gasteiger partial charge in [0.15, 0.2) is 0 Å². The maximum Gasteiger partial charge on any atom is 0.0623 e. The van der Waals surface area contributed by atoms with Gasteiger partial charge in [0, 0.05) is 23.1 Å². The summed E-state index contributed by atoms with van der Waals surface area (Å²) in [6, 6.07) is 7.18. The Bertz CT molecular complexity index is 602. The van der Waals surface area contributed by atoms with Crippen molar-refractivity contribution < 1.29 is 1.37 Å². The molecule has 4 rings (SSSR count). The molecule has 0 spiro atoms. The molecule has 0 bridgehead atoms. The molecule has 3 heterocycles. The Labute approximate surface area is 103 Å². The number of fused-ring (bicyclic) bond motifs is 5. The van der Waals surface area contributed by atoms with E-state index in [0.717, 1.165) is 6.42 Å². The van der Waals surface area contributed by atoms with Crippen LogP contribution >= 0.6 is 0 Å². The SMILES string of the molecule is [2H]c1ccc2[nH]c3c(c2c1)CCN1CCCCC31. The zero-order chi connectivity index (χ0) is 12.1. The van der Waals surface area contributed by atoms with Crippen LogP contribution in [0.2, 0.25) is 0 Å². The number of nitrogens with zero attached hydrogens (tertiary/aromatic N) is 1. The van der Waals surface area contributed by atoms with Gasteiger partial charge in [0.05, 0.1) is 7.41 Å². The van der Waals surface area contributed by atoms with Crippen LogP contribution in [0.5, 0.6) is 0 Å². The van der Waals surface area contributed by atoms with Crippen LogP contribution in [0.3, 0.4) is 0 Å². The van der Waals surface area contributed by atoms with Crippen molar-refractivity contribution in [1.82, 2.24) is 9.88 Å². The number of hydrogen-bond acceptors (Lipinski definition) is 1. The van der Waals surface area contributed by atoms with Crippen molar-refractivity contribution in [2.75, 3.05) is 13.1 Å². The highest BCUT2D eigenvalue weighted by Gasteiger charge is 2.31. The minimum atomic E-state index is 0.601. The first-order valence-electron chi connectivity index (χ1n) is 7.18. The molecule has 1 unspecified atom stereocenters. The molecule has 0 radical (unpaired) electrons. The Morgan fingerprint density at radius 2 is 2.29 bits per heavy atom. The van der Waals surface area contributed by atoms with Crippen LogP contribution in [0.1, 0.15) is 37.9 Å². The lowest BCUT2D eigenvalue weighted by molar-refractivity contribution is 0.136. The predicted molar refractivity (Wildman–Crippen MR) is 70.2 cm³/mol. The molecule has 0 amide bonds. The molecule has 1 aromatic heterocycles. The number of para-hydroxylation sites is 1. The van der Waals surface area contributed by atoms with Gasteiger partial charge in [-0.1, -0.05) is 24.6 Å². The van der Waals surface area contributed by atoms with Gasteiger partial charge in [-0.25, -0.2) is 0 Å². The molecule has 2 aliphatic heterocycles. The maximum absolute atomic E-state index is 7.79. The molecule has 2 heteroatoms. The highest BCUT2D eigenvalue weighted by molar-refractivity contribution is 5.85. The second kappa shape index (κ2) is 3.61. The normalized spacial score (nSPS) is 25.4. The van der Waals surface area contributed by atoms with Gasteiger partial charge in [-0.2, -0.15) is 0 Å². The summed E-state index contributed by atoms with van der Waals surface area (Å²) >= 11 is 0. The standard InChI is InChI=1S/C15H18N2/c1-2-6-13-11(5-1)12-8-10-17-9-4-3-7-14(17)15(12)16-13/h1-2,5-6,14,16H,3-4,7-10H2/i1D. The van der Waals surface area contributed by atoms with Gasteiger partial charge in [-0.3, -0.25) is 4.90 Å². The van der Waals surface area contributed by atoms with Crippen molar-refractivity contribution >= 4 is 10.9 Å². The number of benzene rings is 1. The van der Waals surface area contributed by atoms with E-state index in [1.165, 1.54) is 54.5 Å². The third-order valence-electron chi connectivity index (χ3n) is 4.38. The number of nitrogens with one attached hydrogen (secondary N) is 1. The smallest absolute Gasteiger partial charge is 0.0623 e. The summed E-state index contributed by atoms with van der Waals surface area (Å²) in [6.07, 6.45) is 5.12. The number of hydrogen-bond donors (Lipinski definition) is 1. The van der Waals surface area contributed by atoms with Crippen LogP contribution in [0, 0.1) is 0 Å². The van der Waals surface area contributed by atoms with Gasteiger partial charge >= 0.3 is 0 Å². The first-order chi connectivity index (χ1) is 8.83. The average molecular weight is 227 g/mol. The quantitative estimate of drug-likeness (QED) is 0.732. The number of piperidine rings is 1. The van der Waals surface area contributed by atoms with Crippen molar-refractivity contribution in [2.45, 2.75) is 31.7 Å². The fraction of sp³-hybridized carbons (Fsp3) is 0.467. The molecular weight excluding hydrogens is 208 g/mol. The summed E-state index contributed by atoms with van der Waals surface area (Å²) in [5.41, 5.74) is 4.12. The Morgan fingerprint density at radius 3 is 3.29 bits per heavy atom. The van der Waals surface area contributed by atoms with Gasteiger partial charge in [0.1, 0.15) is 0 Å². The fourth-order valence-electron chi connectivity index (χ4n) is 3.55. The summed E-state index contributed by atoms with van der Waals surface area (Å²) < 4.78 is 7.79. The molecule has 1 aromatic carbocycles. The van der Waals surface area contributed by atoms with Crippen molar-refractivity contribution in [3.8, 4) is 0 Å². The van der Waals surface area contributed by atoms with Gasteiger partial charge in [0.2, 0.25) is 0 Å². The third kappa shape index (κ3) is 1.37. The lowest BCUT2D eigenvalue weighted by atomic mass is 9.91. The first kappa shape index (κ1) is 8.76. The summed E-state index contributed by atoms with van der Waals surface area (Å²) in [6.45, 7) is 2.44.